The van der Waals surface area contributed by atoms with Crippen LogP contribution in [0.1, 0.15) is 5.56 Å². The second-order valence-electron chi connectivity index (χ2n) is 6.08. The zero-order chi connectivity index (χ0) is 17.6. The van der Waals surface area contributed by atoms with E-state index in [1.54, 1.807) is 0 Å². The van der Waals surface area contributed by atoms with Crippen LogP contribution < -0.4 is 4.90 Å². The number of halogens is 1. The predicted molar refractivity (Wildman–Crippen MR) is 101 cm³/mol. The minimum atomic E-state index is 0.403. The van der Waals surface area contributed by atoms with Crippen molar-refractivity contribution in [3.05, 3.63) is 52.8 Å². The second-order valence-corrected chi connectivity index (χ2v) is 6.93. The van der Waals surface area contributed by atoms with Crippen molar-refractivity contribution in [2.24, 2.45) is 0 Å². The highest BCUT2D eigenvalue weighted by Gasteiger charge is 2.15. The van der Waals surface area contributed by atoms with Crippen LogP contribution in [0.2, 0.25) is 0 Å². The third kappa shape index (κ3) is 2.91. The molecule has 0 atom stereocenters. The normalized spacial score (nSPS) is 11.2. The summed E-state index contributed by atoms with van der Waals surface area (Å²) < 4.78 is 8.71. The number of hydrogen-bond acceptors (Lipinski definition) is 5. The van der Waals surface area contributed by atoms with Gasteiger partial charge < -0.3 is 13.7 Å². The van der Waals surface area contributed by atoms with Crippen LogP contribution in [0.25, 0.3) is 28.7 Å². The molecule has 0 saturated heterocycles. The zero-order valence-electron chi connectivity index (χ0n) is 14.1. The molecular formula is C18H16BrN5O. The summed E-state index contributed by atoms with van der Waals surface area (Å²) in [5.41, 5.74) is 4.59. The first-order valence-electron chi connectivity index (χ1n) is 7.78. The van der Waals surface area contributed by atoms with Crippen molar-refractivity contribution >= 4 is 27.3 Å². The smallest absolute Gasteiger partial charge is 0.268 e. The van der Waals surface area contributed by atoms with Crippen molar-refractivity contribution in [1.82, 2.24) is 19.6 Å². The molecule has 0 saturated carbocycles. The fourth-order valence-corrected chi connectivity index (χ4v) is 3.29. The van der Waals surface area contributed by atoms with Crippen molar-refractivity contribution in [1.29, 1.82) is 0 Å². The van der Waals surface area contributed by atoms with Crippen LogP contribution in [0.15, 0.2) is 51.6 Å². The lowest BCUT2D eigenvalue weighted by atomic mass is 10.2. The molecule has 0 bridgehead atoms. The van der Waals surface area contributed by atoms with Gasteiger partial charge in [-0.3, -0.25) is 0 Å². The van der Waals surface area contributed by atoms with Crippen molar-refractivity contribution < 1.29 is 4.42 Å². The Morgan fingerprint density at radius 2 is 1.76 bits per heavy atom. The van der Waals surface area contributed by atoms with Gasteiger partial charge in [-0.15, -0.1) is 10.2 Å². The number of rotatable bonds is 3. The van der Waals surface area contributed by atoms with Crippen LogP contribution in [0.5, 0.6) is 0 Å². The van der Waals surface area contributed by atoms with E-state index < -0.39 is 0 Å². The predicted octanol–water partition coefficient (Wildman–Crippen LogP) is 4.19. The molecule has 0 N–H and O–H groups in total. The molecule has 126 valence electrons. The second kappa shape index (κ2) is 6.00. The average Bonchev–Trinajstić information content (AvgIpc) is 3.21. The van der Waals surface area contributed by atoms with Gasteiger partial charge in [0.25, 0.3) is 5.89 Å². The van der Waals surface area contributed by atoms with Crippen molar-refractivity contribution in [3.63, 3.8) is 0 Å². The van der Waals surface area contributed by atoms with Gasteiger partial charge >= 0.3 is 0 Å². The number of hydrogen-bond donors (Lipinski definition) is 0. The van der Waals surface area contributed by atoms with Gasteiger partial charge in [-0.25, -0.2) is 4.98 Å². The maximum Gasteiger partial charge on any atom is 0.268 e. The Hall–Kier alpha value is -2.67. The van der Waals surface area contributed by atoms with Crippen molar-refractivity contribution in [2.75, 3.05) is 19.0 Å². The standard InChI is InChI=1S/C18H16BrN5O/c1-11-8-14(19)16-20-15(10-24(16)9-11)18-22-21-17(25-18)12-4-6-13(7-5-12)23(2)3/h4-10H,1-3H3. The Labute approximate surface area is 153 Å². The summed E-state index contributed by atoms with van der Waals surface area (Å²) in [6.07, 6.45) is 3.90. The maximum absolute atomic E-state index is 5.83. The van der Waals surface area contributed by atoms with E-state index >= 15 is 0 Å². The molecule has 3 aromatic heterocycles. The molecule has 0 aliphatic heterocycles. The number of pyridine rings is 1. The van der Waals surface area contributed by atoms with E-state index in [9.17, 15) is 0 Å². The number of anilines is 1. The number of nitrogens with zero attached hydrogens (tertiary/aromatic N) is 5. The average molecular weight is 398 g/mol. The highest BCUT2D eigenvalue weighted by atomic mass is 79.9. The molecule has 0 radical (unpaired) electrons. The number of imidazole rings is 1. The molecule has 0 aliphatic rings. The quantitative estimate of drug-likeness (QED) is 0.518. The molecule has 25 heavy (non-hydrogen) atoms. The largest absolute Gasteiger partial charge is 0.415 e. The van der Waals surface area contributed by atoms with Gasteiger partial charge in [0.15, 0.2) is 5.65 Å². The zero-order valence-corrected chi connectivity index (χ0v) is 15.6. The van der Waals surface area contributed by atoms with Crippen molar-refractivity contribution in [3.8, 4) is 23.0 Å². The van der Waals surface area contributed by atoms with E-state index in [1.807, 2.05) is 73.0 Å². The van der Waals surface area contributed by atoms with Gasteiger partial charge in [-0.05, 0) is 58.7 Å². The first-order chi connectivity index (χ1) is 12.0. The summed E-state index contributed by atoms with van der Waals surface area (Å²) in [4.78, 5) is 6.62. The fraction of sp³-hybridized carbons (Fsp3) is 0.167. The number of benzene rings is 1. The van der Waals surface area contributed by atoms with E-state index in [1.165, 1.54) is 0 Å². The molecule has 7 heteroatoms. The summed E-state index contributed by atoms with van der Waals surface area (Å²) in [5, 5.41) is 8.31. The first-order valence-corrected chi connectivity index (χ1v) is 8.57. The number of aromatic nitrogens is 4. The summed E-state index contributed by atoms with van der Waals surface area (Å²) in [6, 6.07) is 10.00. The highest BCUT2D eigenvalue weighted by molar-refractivity contribution is 9.10. The molecule has 1 aromatic carbocycles. The Balaban J connectivity index is 1.70. The lowest BCUT2D eigenvalue weighted by Gasteiger charge is -2.11. The van der Waals surface area contributed by atoms with E-state index in [4.69, 9.17) is 4.42 Å². The van der Waals surface area contributed by atoms with Crippen LogP contribution in [-0.2, 0) is 0 Å². The van der Waals surface area contributed by atoms with Crippen LogP contribution in [0.3, 0.4) is 0 Å². The van der Waals surface area contributed by atoms with E-state index in [-0.39, 0.29) is 0 Å². The summed E-state index contributed by atoms with van der Waals surface area (Å²) >= 11 is 3.54. The van der Waals surface area contributed by atoms with Gasteiger partial charge in [0.2, 0.25) is 5.89 Å². The highest BCUT2D eigenvalue weighted by Crippen LogP contribution is 2.27. The van der Waals surface area contributed by atoms with Gasteiger partial charge in [0.1, 0.15) is 5.69 Å². The van der Waals surface area contributed by atoms with Gasteiger partial charge in [0.05, 0.1) is 4.47 Å². The lowest BCUT2D eigenvalue weighted by Crippen LogP contribution is -2.07. The van der Waals surface area contributed by atoms with Gasteiger partial charge in [0, 0.05) is 37.7 Å². The van der Waals surface area contributed by atoms with E-state index in [0.717, 1.165) is 26.9 Å². The molecule has 0 amide bonds. The minimum absolute atomic E-state index is 0.403. The molecule has 0 aliphatic carbocycles. The van der Waals surface area contributed by atoms with Gasteiger partial charge in [-0.2, -0.15) is 0 Å². The van der Waals surface area contributed by atoms with Crippen LogP contribution in [0, 0.1) is 6.92 Å². The Bertz CT molecular complexity index is 1050. The number of fused-ring (bicyclic) bond motifs is 1. The first kappa shape index (κ1) is 15.8. The van der Waals surface area contributed by atoms with Crippen LogP contribution in [-0.4, -0.2) is 33.7 Å². The Morgan fingerprint density at radius 3 is 2.48 bits per heavy atom. The topological polar surface area (TPSA) is 59.5 Å². The Morgan fingerprint density at radius 1 is 1.04 bits per heavy atom. The fourth-order valence-electron chi connectivity index (χ4n) is 2.64. The minimum Gasteiger partial charge on any atom is -0.415 e. The summed E-state index contributed by atoms with van der Waals surface area (Å²) in [6.45, 7) is 2.03. The third-order valence-corrected chi connectivity index (χ3v) is 4.50. The molecule has 4 rings (SSSR count). The molecule has 4 aromatic rings. The summed E-state index contributed by atoms with van der Waals surface area (Å²) in [7, 11) is 4.01. The molecule has 6 nitrogen and oxygen atoms in total. The molecule has 3 heterocycles. The van der Waals surface area contributed by atoms with Crippen LogP contribution in [0.4, 0.5) is 5.69 Å². The summed E-state index contributed by atoms with van der Waals surface area (Å²) in [5.74, 6) is 0.882. The molecule has 0 unspecified atom stereocenters. The molecular weight excluding hydrogens is 382 g/mol. The van der Waals surface area contributed by atoms with E-state index in [2.05, 4.69) is 31.1 Å². The van der Waals surface area contributed by atoms with Crippen molar-refractivity contribution in [2.45, 2.75) is 6.92 Å². The Kier molecular flexibility index (Phi) is 3.80. The number of aryl methyl sites for hydroxylation is 1. The van der Waals surface area contributed by atoms with Crippen LogP contribution >= 0.6 is 15.9 Å². The van der Waals surface area contributed by atoms with E-state index in [0.29, 0.717) is 17.5 Å². The third-order valence-electron chi connectivity index (χ3n) is 3.92. The SMILES string of the molecule is Cc1cc(Br)c2nc(-c3nnc(-c4ccc(N(C)C)cc4)o3)cn2c1. The monoisotopic (exact) mass is 397 g/mol. The molecule has 0 spiro atoms. The lowest BCUT2D eigenvalue weighted by molar-refractivity contribution is 0.582. The van der Waals surface area contributed by atoms with Gasteiger partial charge in [-0.1, -0.05) is 0 Å². The molecule has 0 fully saturated rings. The maximum atomic E-state index is 5.83.